The Bertz CT molecular complexity index is 477. The predicted octanol–water partition coefficient (Wildman–Crippen LogP) is 1.50. The van der Waals surface area contributed by atoms with E-state index in [0.717, 1.165) is 11.4 Å². The molecule has 1 heterocycles. The number of nitrogens with zero attached hydrogens (tertiary/aromatic N) is 1. The maximum atomic E-state index is 12.0. The molecule has 6 heteroatoms. The molecule has 1 fully saturated rings. The van der Waals surface area contributed by atoms with Gasteiger partial charge in [-0.3, -0.25) is 4.79 Å². The zero-order valence-corrected chi connectivity index (χ0v) is 10.6. The summed E-state index contributed by atoms with van der Waals surface area (Å²) in [5.74, 6) is -1.27. The zero-order valence-electron chi connectivity index (χ0n) is 9.74. The molecule has 0 radical (unpaired) electrons. The Morgan fingerprint density at radius 1 is 1.41 bits per heavy atom. The van der Waals surface area contributed by atoms with E-state index >= 15 is 0 Å². The highest BCUT2D eigenvalue weighted by Gasteiger charge is 2.46. The summed E-state index contributed by atoms with van der Waals surface area (Å²) in [7, 11) is 0. The van der Waals surface area contributed by atoms with E-state index in [1.54, 1.807) is 6.92 Å². The molecule has 2 N–H and O–H groups in total. The quantitative estimate of drug-likeness (QED) is 0.856. The normalized spacial score (nSPS) is 17.3. The fraction of sp³-hybridized carbons (Fsp3) is 0.545. The lowest BCUT2D eigenvalue weighted by molar-refractivity contribution is -0.148. The topological polar surface area (TPSA) is 79.3 Å². The Hall–Kier alpha value is -1.43. The van der Waals surface area contributed by atoms with Gasteiger partial charge in [0, 0.05) is 0 Å². The van der Waals surface area contributed by atoms with Crippen LogP contribution in [0.2, 0.25) is 0 Å². The molecule has 1 aliphatic carbocycles. The van der Waals surface area contributed by atoms with Gasteiger partial charge in [0.05, 0.1) is 10.7 Å². The SMILES string of the molecule is Cc1nc(C)c(C(=O)NC2(C(=O)O)CCC2)s1. The Morgan fingerprint density at radius 3 is 2.41 bits per heavy atom. The third-order valence-corrected chi connectivity index (χ3v) is 4.15. The summed E-state index contributed by atoms with van der Waals surface area (Å²) < 4.78 is 0. The van der Waals surface area contributed by atoms with Crippen LogP contribution in [0.25, 0.3) is 0 Å². The summed E-state index contributed by atoms with van der Waals surface area (Å²) in [4.78, 5) is 27.8. The van der Waals surface area contributed by atoms with Gasteiger partial charge in [0.15, 0.2) is 0 Å². The molecule has 5 nitrogen and oxygen atoms in total. The lowest BCUT2D eigenvalue weighted by Gasteiger charge is -2.38. The van der Waals surface area contributed by atoms with Crippen LogP contribution in [0.3, 0.4) is 0 Å². The molecule has 0 aliphatic heterocycles. The number of amides is 1. The molecule has 1 aromatic rings. The number of carboxylic acids is 1. The van der Waals surface area contributed by atoms with E-state index in [1.165, 1.54) is 11.3 Å². The zero-order chi connectivity index (χ0) is 12.6. The van der Waals surface area contributed by atoms with E-state index in [4.69, 9.17) is 5.11 Å². The van der Waals surface area contributed by atoms with Crippen molar-refractivity contribution < 1.29 is 14.7 Å². The summed E-state index contributed by atoms with van der Waals surface area (Å²) in [6.07, 6.45) is 1.85. The van der Waals surface area contributed by atoms with Gasteiger partial charge in [-0.05, 0) is 33.1 Å². The van der Waals surface area contributed by atoms with E-state index in [1.807, 2.05) is 6.92 Å². The molecule has 0 atom stereocenters. The lowest BCUT2D eigenvalue weighted by atomic mass is 9.76. The maximum Gasteiger partial charge on any atom is 0.329 e. The molecule has 1 aromatic heterocycles. The van der Waals surface area contributed by atoms with Crippen molar-refractivity contribution in [3.8, 4) is 0 Å². The van der Waals surface area contributed by atoms with Gasteiger partial charge in [-0.25, -0.2) is 9.78 Å². The standard InChI is InChI=1S/C11H14N2O3S/c1-6-8(17-7(2)12-6)9(14)13-11(10(15)16)4-3-5-11/h3-5H2,1-2H3,(H,13,14)(H,15,16). The van der Waals surface area contributed by atoms with Crippen LogP contribution >= 0.6 is 11.3 Å². The van der Waals surface area contributed by atoms with Crippen LogP contribution in [0.5, 0.6) is 0 Å². The second-order valence-corrected chi connectivity index (χ2v) is 5.55. The Balaban J connectivity index is 2.17. The number of aryl methyl sites for hydroxylation is 2. The van der Waals surface area contributed by atoms with Crippen molar-refractivity contribution >= 4 is 23.2 Å². The van der Waals surface area contributed by atoms with E-state index < -0.39 is 11.5 Å². The summed E-state index contributed by atoms with van der Waals surface area (Å²) in [5.41, 5.74) is -0.397. The molecule has 0 bridgehead atoms. The molecule has 17 heavy (non-hydrogen) atoms. The minimum absolute atomic E-state index is 0.324. The number of aliphatic carboxylic acids is 1. The van der Waals surface area contributed by atoms with Crippen LogP contribution in [-0.4, -0.2) is 27.5 Å². The van der Waals surface area contributed by atoms with Gasteiger partial charge >= 0.3 is 5.97 Å². The number of carboxylic acid groups (broad SMARTS) is 1. The smallest absolute Gasteiger partial charge is 0.329 e. The number of hydrogen-bond donors (Lipinski definition) is 2. The number of carbonyl (C=O) groups excluding carboxylic acids is 1. The number of rotatable bonds is 3. The second-order valence-electron chi connectivity index (χ2n) is 4.34. The largest absolute Gasteiger partial charge is 0.480 e. The third kappa shape index (κ3) is 2.04. The maximum absolute atomic E-state index is 12.0. The molecule has 1 amide bonds. The molecule has 1 saturated carbocycles. The molecule has 0 spiro atoms. The summed E-state index contributed by atoms with van der Waals surface area (Å²) >= 11 is 1.29. The average Bonchev–Trinajstić information content (AvgIpc) is 2.50. The summed E-state index contributed by atoms with van der Waals surface area (Å²) in [6, 6.07) is 0. The highest BCUT2D eigenvalue weighted by molar-refractivity contribution is 7.13. The van der Waals surface area contributed by atoms with E-state index in [0.29, 0.717) is 23.4 Å². The monoisotopic (exact) mass is 254 g/mol. The molecular weight excluding hydrogens is 240 g/mol. The lowest BCUT2D eigenvalue weighted by Crippen LogP contribution is -2.59. The molecule has 0 saturated heterocycles. The number of nitrogens with one attached hydrogen (secondary N) is 1. The van der Waals surface area contributed by atoms with Crippen LogP contribution < -0.4 is 5.32 Å². The molecule has 0 aromatic carbocycles. The van der Waals surface area contributed by atoms with Gasteiger partial charge in [0.25, 0.3) is 5.91 Å². The second kappa shape index (κ2) is 4.10. The highest BCUT2D eigenvalue weighted by Crippen LogP contribution is 2.32. The summed E-state index contributed by atoms with van der Waals surface area (Å²) in [6.45, 7) is 3.58. The van der Waals surface area contributed by atoms with Gasteiger partial charge in [0.2, 0.25) is 0 Å². The van der Waals surface area contributed by atoms with Crippen molar-refractivity contribution in [3.05, 3.63) is 15.6 Å². The Kier molecular flexibility index (Phi) is 2.91. The number of aromatic nitrogens is 1. The van der Waals surface area contributed by atoms with Gasteiger partial charge in [-0.2, -0.15) is 0 Å². The van der Waals surface area contributed by atoms with Crippen LogP contribution in [0.4, 0.5) is 0 Å². The molecule has 1 aliphatic rings. The number of carbonyl (C=O) groups is 2. The van der Waals surface area contributed by atoms with Gasteiger partial charge in [0.1, 0.15) is 10.4 Å². The van der Waals surface area contributed by atoms with E-state index in [-0.39, 0.29) is 5.91 Å². The fourth-order valence-corrected chi connectivity index (χ4v) is 2.75. The van der Waals surface area contributed by atoms with Crippen molar-refractivity contribution in [1.29, 1.82) is 0 Å². The highest BCUT2D eigenvalue weighted by atomic mass is 32.1. The molecule has 0 unspecified atom stereocenters. The van der Waals surface area contributed by atoms with E-state index in [2.05, 4.69) is 10.3 Å². The Labute approximate surface area is 103 Å². The van der Waals surface area contributed by atoms with Crippen molar-refractivity contribution in [1.82, 2.24) is 10.3 Å². The number of hydrogen-bond acceptors (Lipinski definition) is 4. The first-order valence-corrected chi connectivity index (χ1v) is 6.26. The van der Waals surface area contributed by atoms with Gasteiger partial charge < -0.3 is 10.4 Å². The fourth-order valence-electron chi connectivity index (χ4n) is 1.94. The minimum Gasteiger partial charge on any atom is -0.480 e. The first kappa shape index (κ1) is 12.0. The van der Waals surface area contributed by atoms with Crippen molar-refractivity contribution in [3.63, 3.8) is 0 Å². The van der Waals surface area contributed by atoms with Crippen molar-refractivity contribution in [2.24, 2.45) is 0 Å². The van der Waals surface area contributed by atoms with Crippen LogP contribution in [0.15, 0.2) is 0 Å². The van der Waals surface area contributed by atoms with Crippen LogP contribution in [-0.2, 0) is 4.79 Å². The predicted molar refractivity (Wildman–Crippen MR) is 63.3 cm³/mol. The minimum atomic E-state index is -1.05. The van der Waals surface area contributed by atoms with Crippen LogP contribution in [0, 0.1) is 13.8 Å². The summed E-state index contributed by atoms with van der Waals surface area (Å²) in [5, 5.41) is 12.6. The van der Waals surface area contributed by atoms with Gasteiger partial charge in [-0.15, -0.1) is 11.3 Å². The van der Waals surface area contributed by atoms with Crippen molar-refractivity contribution in [2.45, 2.75) is 38.6 Å². The molecular formula is C11H14N2O3S. The van der Waals surface area contributed by atoms with Crippen LogP contribution in [0.1, 0.15) is 39.6 Å². The molecule has 2 rings (SSSR count). The van der Waals surface area contributed by atoms with Gasteiger partial charge in [-0.1, -0.05) is 0 Å². The number of thiazole rings is 1. The first-order valence-electron chi connectivity index (χ1n) is 5.44. The Morgan fingerprint density at radius 2 is 2.06 bits per heavy atom. The average molecular weight is 254 g/mol. The molecule has 92 valence electrons. The third-order valence-electron chi connectivity index (χ3n) is 3.08. The first-order chi connectivity index (χ1) is 7.94. The van der Waals surface area contributed by atoms with E-state index in [9.17, 15) is 9.59 Å². The van der Waals surface area contributed by atoms with Crippen molar-refractivity contribution in [2.75, 3.05) is 0 Å².